The quantitative estimate of drug-likeness (QED) is 0.692. The number of hydrogen-bond donors (Lipinski definition) is 2. The molecular weight excluding hydrogens is 230 g/mol. The molecule has 0 unspecified atom stereocenters. The summed E-state index contributed by atoms with van der Waals surface area (Å²) in [6.45, 7) is 3.42. The van der Waals surface area contributed by atoms with E-state index in [4.69, 9.17) is 9.84 Å². The van der Waals surface area contributed by atoms with Crippen LogP contribution in [0.25, 0.3) is 0 Å². The van der Waals surface area contributed by atoms with Gasteiger partial charge in [0.25, 0.3) is 0 Å². The van der Waals surface area contributed by atoms with Crippen LogP contribution in [0.2, 0.25) is 0 Å². The molecule has 2 N–H and O–H groups in total. The maximum atomic E-state index is 10.3. The van der Waals surface area contributed by atoms with E-state index in [2.05, 4.69) is 24.4 Å². The number of benzene rings is 1. The largest absolute Gasteiger partial charge is 0.496 e. The number of carboxylic acids is 1. The second-order valence-electron chi connectivity index (χ2n) is 4.14. The van der Waals surface area contributed by atoms with Crippen LogP contribution in [0.1, 0.15) is 24.5 Å². The number of ether oxygens (including phenoxy) is 1. The maximum Gasteiger partial charge on any atom is 0.304 e. The van der Waals surface area contributed by atoms with Crippen molar-refractivity contribution < 1.29 is 14.6 Å². The first-order valence-corrected chi connectivity index (χ1v) is 6.25. The fourth-order valence-corrected chi connectivity index (χ4v) is 1.82. The molecule has 0 aliphatic heterocycles. The number of methoxy groups -OCH3 is 1. The third-order valence-electron chi connectivity index (χ3n) is 2.83. The number of carbonyl (C=O) groups is 1. The van der Waals surface area contributed by atoms with Gasteiger partial charge in [-0.2, -0.15) is 0 Å². The van der Waals surface area contributed by atoms with E-state index in [-0.39, 0.29) is 6.42 Å². The smallest absolute Gasteiger partial charge is 0.304 e. The Morgan fingerprint density at radius 1 is 1.39 bits per heavy atom. The Balaban J connectivity index is 2.40. The van der Waals surface area contributed by atoms with Crippen LogP contribution in [-0.4, -0.2) is 31.3 Å². The molecule has 0 radical (unpaired) electrons. The second-order valence-corrected chi connectivity index (χ2v) is 4.14. The van der Waals surface area contributed by atoms with Gasteiger partial charge in [0.1, 0.15) is 5.75 Å². The van der Waals surface area contributed by atoms with Crippen molar-refractivity contribution in [1.29, 1.82) is 0 Å². The number of nitrogens with one attached hydrogen (secondary N) is 1. The van der Waals surface area contributed by atoms with E-state index < -0.39 is 5.97 Å². The van der Waals surface area contributed by atoms with Gasteiger partial charge in [0.2, 0.25) is 0 Å². The summed E-state index contributed by atoms with van der Waals surface area (Å²) in [4.78, 5) is 10.3. The summed E-state index contributed by atoms with van der Waals surface area (Å²) in [6, 6.07) is 6.19. The van der Waals surface area contributed by atoms with Gasteiger partial charge >= 0.3 is 5.97 Å². The minimum atomic E-state index is -0.764. The van der Waals surface area contributed by atoms with Crippen molar-refractivity contribution in [2.24, 2.45) is 0 Å². The predicted molar refractivity (Wildman–Crippen MR) is 71.2 cm³/mol. The lowest BCUT2D eigenvalue weighted by molar-refractivity contribution is -0.136. The van der Waals surface area contributed by atoms with Crippen LogP contribution in [0.15, 0.2) is 18.2 Å². The fourth-order valence-electron chi connectivity index (χ4n) is 1.82. The number of rotatable bonds is 8. The lowest BCUT2D eigenvalue weighted by Gasteiger charge is -2.09. The molecule has 0 amide bonds. The van der Waals surface area contributed by atoms with Crippen molar-refractivity contribution in [2.75, 3.05) is 20.2 Å². The molecule has 0 bridgehead atoms. The molecule has 1 rings (SSSR count). The topological polar surface area (TPSA) is 58.6 Å². The van der Waals surface area contributed by atoms with Crippen LogP contribution in [0.5, 0.6) is 5.75 Å². The Hall–Kier alpha value is -1.55. The molecule has 1 aromatic rings. The number of aliphatic carboxylic acids is 1. The normalized spacial score (nSPS) is 10.3. The van der Waals surface area contributed by atoms with Gasteiger partial charge in [0.15, 0.2) is 0 Å². The highest BCUT2D eigenvalue weighted by molar-refractivity contribution is 5.66. The number of hydrogen-bond acceptors (Lipinski definition) is 3. The zero-order chi connectivity index (χ0) is 13.4. The summed E-state index contributed by atoms with van der Waals surface area (Å²) in [5.41, 5.74) is 2.45. The van der Waals surface area contributed by atoms with E-state index >= 15 is 0 Å². The van der Waals surface area contributed by atoms with Gasteiger partial charge in [-0.1, -0.05) is 19.1 Å². The van der Waals surface area contributed by atoms with Gasteiger partial charge in [0, 0.05) is 6.54 Å². The summed E-state index contributed by atoms with van der Waals surface area (Å²) in [6.07, 6.45) is 2.02. The molecule has 0 atom stereocenters. The SMILES string of the molecule is CCc1cc(CCNCCC(=O)O)ccc1OC. The molecule has 4 nitrogen and oxygen atoms in total. The molecule has 0 heterocycles. The summed E-state index contributed by atoms with van der Waals surface area (Å²) >= 11 is 0. The molecule has 18 heavy (non-hydrogen) atoms. The molecule has 0 spiro atoms. The summed E-state index contributed by atoms with van der Waals surface area (Å²) < 4.78 is 5.28. The Morgan fingerprint density at radius 2 is 2.17 bits per heavy atom. The first kappa shape index (κ1) is 14.5. The number of aryl methyl sites for hydroxylation is 1. The van der Waals surface area contributed by atoms with E-state index in [1.54, 1.807) is 7.11 Å². The second kappa shape index (κ2) is 7.71. The average Bonchev–Trinajstić information content (AvgIpc) is 2.37. The van der Waals surface area contributed by atoms with Crippen molar-refractivity contribution in [1.82, 2.24) is 5.32 Å². The molecular formula is C14H21NO3. The molecule has 0 saturated heterocycles. The van der Waals surface area contributed by atoms with Crippen molar-refractivity contribution in [3.8, 4) is 5.75 Å². The van der Waals surface area contributed by atoms with Gasteiger partial charge in [0.05, 0.1) is 13.5 Å². The van der Waals surface area contributed by atoms with Crippen molar-refractivity contribution in [3.05, 3.63) is 29.3 Å². The van der Waals surface area contributed by atoms with Crippen LogP contribution in [0.4, 0.5) is 0 Å². The van der Waals surface area contributed by atoms with Crippen molar-refractivity contribution in [3.63, 3.8) is 0 Å². The minimum absolute atomic E-state index is 0.169. The summed E-state index contributed by atoms with van der Waals surface area (Å²) in [5.74, 6) is 0.167. The molecule has 0 aliphatic carbocycles. The molecule has 0 saturated carbocycles. The highest BCUT2D eigenvalue weighted by Crippen LogP contribution is 2.20. The Kier molecular flexibility index (Phi) is 6.22. The fraction of sp³-hybridized carbons (Fsp3) is 0.500. The molecule has 100 valence electrons. The molecule has 0 aromatic heterocycles. The molecule has 1 aromatic carbocycles. The third-order valence-corrected chi connectivity index (χ3v) is 2.83. The zero-order valence-electron chi connectivity index (χ0n) is 11.0. The van der Waals surface area contributed by atoms with Gasteiger partial charge in [-0.15, -0.1) is 0 Å². The van der Waals surface area contributed by atoms with Gasteiger partial charge in [-0.25, -0.2) is 0 Å². The predicted octanol–water partition coefficient (Wildman–Crippen LogP) is 1.86. The van der Waals surface area contributed by atoms with Crippen LogP contribution in [-0.2, 0) is 17.6 Å². The van der Waals surface area contributed by atoms with Crippen LogP contribution >= 0.6 is 0 Å². The lowest BCUT2D eigenvalue weighted by Crippen LogP contribution is -2.20. The Labute approximate surface area is 108 Å². The van der Waals surface area contributed by atoms with Crippen molar-refractivity contribution >= 4 is 5.97 Å². The van der Waals surface area contributed by atoms with E-state index in [9.17, 15) is 4.79 Å². The van der Waals surface area contributed by atoms with Crippen molar-refractivity contribution in [2.45, 2.75) is 26.2 Å². The first-order valence-electron chi connectivity index (χ1n) is 6.25. The monoisotopic (exact) mass is 251 g/mol. The minimum Gasteiger partial charge on any atom is -0.496 e. The van der Waals surface area contributed by atoms with E-state index in [0.29, 0.717) is 6.54 Å². The maximum absolute atomic E-state index is 10.3. The lowest BCUT2D eigenvalue weighted by atomic mass is 10.1. The molecule has 0 fully saturated rings. The summed E-state index contributed by atoms with van der Waals surface area (Å²) in [7, 11) is 1.68. The standard InChI is InChI=1S/C14H21NO3/c1-3-12-10-11(4-5-13(12)18-2)6-8-15-9-7-14(16)17/h4-5,10,15H,3,6-9H2,1-2H3,(H,16,17). The van der Waals surface area contributed by atoms with Crippen LogP contribution in [0.3, 0.4) is 0 Å². The van der Waals surface area contributed by atoms with Gasteiger partial charge in [-0.3, -0.25) is 4.79 Å². The highest BCUT2D eigenvalue weighted by Gasteiger charge is 2.02. The highest BCUT2D eigenvalue weighted by atomic mass is 16.5. The van der Waals surface area contributed by atoms with Crippen LogP contribution in [0, 0.1) is 0 Å². The number of carboxylic acid groups (broad SMARTS) is 1. The van der Waals surface area contributed by atoms with E-state index in [1.165, 1.54) is 11.1 Å². The zero-order valence-corrected chi connectivity index (χ0v) is 11.0. The Bertz CT molecular complexity index is 391. The summed E-state index contributed by atoms with van der Waals surface area (Å²) in [5, 5.41) is 11.6. The average molecular weight is 251 g/mol. The third kappa shape index (κ3) is 4.75. The molecule has 0 aliphatic rings. The van der Waals surface area contributed by atoms with E-state index in [0.717, 1.165) is 25.1 Å². The first-order chi connectivity index (χ1) is 8.67. The molecule has 4 heteroatoms. The van der Waals surface area contributed by atoms with Gasteiger partial charge in [-0.05, 0) is 36.6 Å². The van der Waals surface area contributed by atoms with Crippen LogP contribution < -0.4 is 10.1 Å². The Morgan fingerprint density at radius 3 is 2.78 bits per heavy atom. The van der Waals surface area contributed by atoms with E-state index in [1.807, 2.05) is 6.07 Å². The van der Waals surface area contributed by atoms with Gasteiger partial charge < -0.3 is 15.2 Å².